The summed E-state index contributed by atoms with van der Waals surface area (Å²) in [4.78, 5) is 38.0. The summed E-state index contributed by atoms with van der Waals surface area (Å²) in [7, 11) is 0. The zero-order valence-corrected chi connectivity index (χ0v) is 46.0. The van der Waals surface area contributed by atoms with Gasteiger partial charge in [0.1, 0.15) is 13.2 Å². The first kappa shape index (κ1) is 66.6. The zero-order valence-electron chi connectivity index (χ0n) is 46.0. The van der Waals surface area contributed by atoms with Crippen LogP contribution in [-0.2, 0) is 28.6 Å². The predicted octanol–water partition coefficient (Wildman–Crippen LogP) is 19.9. The molecule has 0 saturated carbocycles. The molecule has 0 aromatic rings. The highest BCUT2D eigenvalue weighted by atomic mass is 16.6. The molecule has 6 nitrogen and oxygen atoms in total. The van der Waals surface area contributed by atoms with Gasteiger partial charge >= 0.3 is 17.9 Å². The van der Waals surface area contributed by atoms with E-state index in [0.717, 1.165) is 109 Å². The third-order valence-electron chi connectivity index (χ3n) is 12.6. The second kappa shape index (κ2) is 58.2. The van der Waals surface area contributed by atoms with Gasteiger partial charge in [-0.2, -0.15) is 0 Å². The Morgan fingerprint density at radius 3 is 0.929 bits per heavy atom. The van der Waals surface area contributed by atoms with E-state index in [1.165, 1.54) is 135 Å². The maximum atomic E-state index is 12.8. The fourth-order valence-electron chi connectivity index (χ4n) is 8.19. The fourth-order valence-corrected chi connectivity index (χ4v) is 8.19. The minimum absolute atomic E-state index is 0.0769. The number of ether oxygens (including phenoxy) is 3. The van der Waals surface area contributed by atoms with E-state index >= 15 is 0 Å². The normalized spacial score (nSPS) is 12.7. The molecule has 0 saturated heterocycles. The van der Waals surface area contributed by atoms with Gasteiger partial charge in [-0.3, -0.25) is 14.4 Å². The minimum Gasteiger partial charge on any atom is -0.462 e. The monoisotopic (exact) mass is 975 g/mol. The summed E-state index contributed by atoms with van der Waals surface area (Å²) >= 11 is 0. The molecule has 1 atom stereocenters. The topological polar surface area (TPSA) is 78.9 Å². The smallest absolute Gasteiger partial charge is 0.306 e. The first-order chi connectivity index (χ1) is 34.5. The van der Waals surface area contributed by atoms with Gasteiger partial charge < -0.3 is 14.2 Å². The molecule has 402 valence electrons. The Kier molecular flexibility index (Phi) is 55.3. The van der Waals surface area contributed by atoms with E-state index in [2.05, 4.69) is 106 Å². The summed E-state index contributed by atoms with van der Waals surface area (Å²) in [6, 6.07) is 0. The van der Waals surface area contributed by atoms with Crippen LogP contribution in [0.5, 0.6) is 0 Å². The summed E-state index contributed by atoms with van der Waals surface area (Å²) in [5, 5.41) is 0. The highest BCUT2D eigenvalue weighted by Gasteiger charge is 2.19. The quantitative estimate of drug-likeness (QED) is 0.0261. The molecule has 0 aliphatic carbocycles. The molecule has 70 heavy (non-hydrogen) atoms. The van der Waals surface area contributed by atoms with Gasteiger partial charge in [0.25, 0.3) is 0 Å². The molecule has 0 amide bonds. The van der Waals surface area contributed by atoms with Crippen molar-refractivity contribution >= 4 is 17.9 Å². The molecule has 0 aliphatic rings. The lowest BCUT2D eigenvalue weighted by atomic mass is 10.0. The standard InChI is InChI=1S/C64H110O6/c1-4-7-10-13-16-19-22-23-24-25-26-27-28-29-30-31-32-33-34-35-36-37-38-39-40-41-43-45-48-51-54-57-63(66)69-60-61(59-68-62(65)56-53-50-47-44-21-18-15-12-9-6-3)70-64(67)58-55-52-49-46-42-20-17-14-11-8-5-2/h7,10,14,16-17,19,23-24,26-27,29-30,32-33,61H,4-6,8-9,11-13,15,18,20-22,25,28,31,34-60H2,1-3H3/b10-7-,17-14-,19-16-,24-23-,27-26-,30-29-,33-32-. The molecule has 0 fully saturated rings. The largest absolute Gasteiger partial charge is 0.462 e. The number of esters is 3. The van der Waals surface area contributed by atoms with E-state index in [1.54, 1.807) is 0 Å². The van der Waals surface area contributed by atoms with Gasteiger partial charge in [0.05, 0.1) is 0 Å². The number of allylic oxidation sites excluding steroid dienone is 14. The third-order valence-corrected chi connectivity index (χ3v) is 12.6. The Hall–Kier alpha value is -3.41. The van der Waals surface area contributed by atoms with Crippen LogP contribution in [0.1, 0.15) is 284 Å². The molecule has 0 aromatic heterocycles. The number of rotatable bonds is 53. The second-order valence-electron chi connectivity index (χ2n) is 19.5. The Bertz CT molecular complexity index is 1350. The molecule has 0 radical (unpaired) electrons. The van der Waals surface area contributed by atoms with Crippen molar-refractivity contribution in [1.29, 1.82) is 0 Å². The summed E-state index contributed by atoms with van der Waals surface area (Å²) < 4.78 is 16.8. The van der Waals surface area contributed by atoms with Crippen LogP contribution >= 0.6 is 0 Å². The summed E-state index contributed by atoms with van der Waals surface area (Å²) in [6.07, 6.45) is 76.0. The van der Waals surface area contributed by atoms with Crippen molar-refractivity contribution in [3.8, 4) is 0 Å². The summed E-state index contributed by atoms with van der Waals surface area (Å²) in [5.41, 5.74) is 0. The molecule has 0 heterocycles. The van der Waals surface area contributed by atoms with E-state index in [1.807, 2.05) is 0 Å². The van der Waals surface area contributed by atoms with Crippen molar-refractivity contribution in [2.45, 2.75) is 290 Å². The van der Waals surface area contributed by atoms with E-state index in [4.69, 9.17) is 14.2 Å². The molecule has 6 heteroatoms. The van der Waals surface area contributed by atoms with Crippen molar-refractivity contribution in [3.63, 3.8) is 0 Å². The Morgan fingerprint density at radius 2 is 0.571 bits per heavy atom. The zero-order chi connectivity index (χ0) is 50.7. The van der Waals surface area contributed by atoms with Gasteiger partial charge in [-0.1, -0.05) is 260 Å². The summed E-state index contributed by atoms with van der Waals surface area (Å²) in [6.45, 7) is 6.48. The Labute approximate surface area is 433 Å². The number of carbonyl (C=O) groups excluding carboxylic acids is 3. The first-order valence-electron chi connectivity index (χ1n) is 29.6. The molecular weight excluding hydrogens is 865 g/mol. The molecule has 0 aromatic carbocycles. The Balaban J connectivity index is 4.11. The molecule has 0 spiro atoms. The molecule has 1 unspecified atom stereocenters. The predicted molar refractivity (Wildman–Crippen MR) is 302 cm³/mol. The molecule has 0 aliphatic heterocycles. The summed E-state index contributed by atoms with van der Waals surface area (Å²) in [5.74, 6) is -0.885. The highest BCUT2D eigenvalue weighted by molar-refractivity contribution is 5.71. The average molecular weight is 976 g/mol. The van der Waals surface area contributed by atoms with Gasteiger partial charge in [0.2, 0.25) is 0 Å². The number of carbonyl (C=O) groups is 3. The molecule has 0 N–H and O–H groups in total. The number of unbranched alkanes of at least 4 members (excludes halogenated alkanes) is 28. The second-order valence-corrected chi connectivity index (χ2v) is 19.5. The van der Waals surface area contributed by atoms with Crippen LogP contribution in [0.25, 0.3) is 0 Å². The van der Waals surface area contributed by atoms with Crippen LogP contribution in [0.15, 0.2) is 85.1 Å². The van der Waals surface area contributed by atoms with Crippen LogP contribution in [0.3, 0.4) is 0 Å². The van der Waals surface area contributed by atoms with Crippen molar-refractivity contribution in [1.82, 2.24) is 0 Å². The fraction of sp³-hybridized carbons (Fsp3) is 0.734. The number of hydrogen-bond acceptors (Lipinski definition) is 6. The minimum atomic E-state index is -0.777. The first-order valence-corrected chi connectivity index (χ1v) is 29.6. The SMILES string of the molecule is CC/C=C\C/C=C\C/C=C\C/C=C\C/C=C\C/C=C\CCCCCCCCCCCCCCC(=O)OCC(COC(=O)CCCCCCCCCCCC)OC(=O)CCCCCCC/C=C\CCCC. The van der Waals surface area contributed by atoms with E-state index in [0.29, 0.717) is 19.3 Å². The Morgan fingerprint density at radius 1 is 0.300 bits per heavy atom. The van der Waals surface area contributed by atoms with Crippen LogP contribution < -0.4 is 0 Å². The van der Waals surface area contributed by atoms with Crippen molar-refractivity contribution < 1.29 is 28.6 Å². The van der Waals surface area contributed by atoms with Gasteiger partial charge in [-0.15, -0.1) is 0 Å². The van der Waals surface area contributed by atoms with Gasteiger partial charge in [-0.05, 0) is 89.9 Å². The lowest BCUT2D eigenvalue weighted by Crippen LogP contribution is -2.30. The van der Waals surface area contributed by atoms with Crippen molar-refractivity contribution in [2.75, 3.05) is 13.2 Å². The molecular formula is C64H110O6. The lowest BCUT2D eigenvalue weighted by Gasteiger charge is -2.18. The van der Waals surface area contributed by atoms with Gasteiger partial charge in [0, 0.05) is 19.3 Å². The highest BCUT2D eigenvalue weighted by Crippen LogP contribution is 2.16. The van der Waals surface area contributed by atoms with E-state index < -0.39 is 6.10 Å². The molecule has 0 bridgehead atoms. The molecule has 0 rings (SSSR count). The van der Waals surface area contributed by atoms with Crippen LogP contribution in [0, 0.1) is 0 Å². The van der Waals surface area contributed by atoms with Crippen LogP contribution in [0.2, 0.25) is 0 Å². The maximum absolute atomic E-state index is 12.8. The van der Waals surface area contributed by atoms with Crippen molar-refractivity contribution in [2.24, 2.45) is 0 Å². The number of hydrogen-bond donors (Lipinski definition) is 0. The lowest BCUT2D eigenvalue weighted by molar-refractivity contribution is -0.167. The van der Waals surface area contributed by atoms with Crippen LogP contribution in [-0.4, -0.2) is 37.2 Å². The van der Waals surface area contributed by atoms with E-state index in [9.17, 15) is 14.4 Å². The van der Waals surface area contributed by atoms with Crippen molar-refractivity contribution in [3.05, 3.63) is 85.1 Å². The van der Waals surface area contributed by atoms with Gasteiger partial charge in [-0.25, -0.2) is 0 Å². The average Bonchev–Trinajstić information content (AvgIpc) is 3.36. The van der Waals surface area contributed by atoms with Gasteiger partial charge in [0.15, 0.2) is 6.10 Å². The van der Waals surface area contributed by atoms with Crippen LogP contribution in [0.4, 0.5) is 0 Å². The maximum Gasteiger partial charge on any atom is 0.306 e. The third kappa shape index (κ3) is 55.5. The van der Waals surface area contributed by atoms with E-state index in [-0.39, 0.29) is 31.1 Å².